The normalized spacial score (nSPS) is 11.9. The third-order valence-corrected chi connectivity index (χ3v) is 5.73. The van der Waals surface area contributed by atoms with E-state index in [9.17, 15) is 19.1 Å². The number of benzene rings is 2. The van der Waals surface area contributed by atoms with Crippen molar-refractivity contribution in [3.63, 3.8) is 0 Å². The Bertz CT molecular complexity index is 1070. The average Bonchev–Trinajstić information content (AvgIpc) is 2.79. The van der Waals surface area contributed by atoms with Crippen LogP contribution in [0, 0.1) is 23.5 Å². The van der Waals surface area contributed by atoms with E-state index in [1.807, 2.05) is 32.6 Å². The lowest BCUT2D eigenvalue weighted by Gasteiger charge is -2.31. The number of carboxylic acid groups (broad SMARTS) is 1. The molecule has 2 aromatic carbocycles. The summed E-state index contributed by atoms with van der Waals surface area (Å²) in [6.45, 7) is 13.4. The minimum absolute atomic E-state index is 0.0385. The van der Waals surface area contributed by atoms with Crippen molar-refractivity contribution in [3.05, 3.63) is 47.5 Å². The topological polar surface area (TPSA) is 90.9 Å². The fourth-order valence-electron chi connectivity index (χ4n) is 4.22. The summed E-state index contributed by atoms with van der Waals surface area (Å²) in [5.74, 6) is -1.91. The second-order valence-electron chi connectivity index (χ2n) is 9.94. The first-order valence-electron chi connectivity index (χ1n) is 12.8. The minimum atomic E-state index is -1.03. The monoisotopic (exact) mass is 519 g/mol. The Morgan fingerprint density at radius 1 is 0.946 bits per heavy atom. The van der Waals surface area contributed by atoms with Crippen LogP contribution in [0.3, 0.4) is 0 Å². The Labute approximate surface area is 218 Å². The minimum Gasteiger partial charge on any atom is -0.494 e. The molecule has 3 N–H and O–H groups in total. The number of nitrogens with one attached hydrogen (secondary N) is 2. The van der Waals surface area contributed by atoms with Crippen molar-refractivity contribution in [2.75, 3.05) is 35.2 Å². The summed E-state index contributed by atoms with van der Waals surface area (Å²) >= 11 is 0. The smallest absolute Gasteiger partial charge is 0.323 e. The fourth-order valence-corrected chi connectivity index (χ4v) is 4.22. The average molecular weight is 520 g/mol. The summed E-state index contributed by atoms with van der Waals surface area (Å²) in [4.78, 5) is 26.3. The zero-order valence-corrected chi connectivity index (χ0v) is 22.5. The molecule has 2 aromatic rings. The van der Waals surface area contributed by atoms with E-state index in [0.717, 1.165) is 0 Å². The first kappa shape index (κ1) is 29.9. The molecule has 2 rings (SSSR count). The van der Waals surface area contributed by atoms with Crippen molar-refractivity contribution in [1.82, 2.24) is 0 Å². The van der Waals surface area contributed by atoms with Gasteiger partial charge in [-0.25, -0.2) is 13.6 Å². The van der Waals surface area contributed by atoms with Gasteiger partial charge in [0.15, 0.2) is 0 Å². The number of ether oxygens (including phenoxy) is 1. The van der Waals surface area contributed by atoms with Crippen molar-refractivity contribution >= 4 is 29.1 Å². The summed E-state index contributed by atoms with van der Waals surface area (Å²) in [6, 6.07) is 6.30. The number of carbonyl (C=O) groups is 2. The molecule has 37 heavy (non-hydrogen) atoms. The first-order valence-corrected chi connectivity index (χ1v) is 12.8. The predicted octanol–water partition coefficient (Wildman–Crippen LogP) is 7.09. The van der Waals surface area contributed by atoms with Crippen LogP contribution in [0.2, 0.25) is 0 Å². The van der Waals surface area contributed by atoms with E-state index >= 15 is 4.39 Å². The molecule has 0 aliphatic carbocycles. The number of urea groups is 1. The lowest BCUT2D eigenvalue weighted by molar-refractivity contribution is -0.137. The number of hydrogen-bond donors (Lipinski definition) is 3. The van der Waals surface area contributed by atoms with E-state index in [1.165, 1.54) is 24.3 Å². The number of halogens is 2. The first-order chi connectivity index (χ1) is 17.4. The zero-order chi connectivity index (χ0) is 27.7. The van der Waals surface area contributed by atoms with E-state index in [2.05, 4.69) is 10.6 Å². The van der Waals surface area contributed by atoms with Gasteiger partial charge in [-0.2, -0.15) is 0 Å². The molecule has 7 nitrogen and oxygen atoms in total. The van der Waals surface area contributed by atoms with Gasteiger partial charge in [0, 0.05) is 19.2 Å². The molecular formula is C28H39F2N3O4. The van der Waals surface area contributed by atoms with Gasteiger partial charge in [0.2, 0.25) is 0 Å². The van der Waals surface area contributed by atoms with Crippen LogP contribution in [-0.2, 0) is 4.79 Å². The van der Waals surface area contributed by atoms with Gasteiger partial charge in [-0.05, 0) is 60.9 Å². The fraction of sp³-hybridized carbons (Fsp3) is 0.500. The highest BCUT2D eigenvalue weighted by Gasteiger charge is 2.24. The van der Waals surface area contributed by atoms with Gasteiger partial charge in [-0.15, -0.1) is 0 Å². The van der Waals surface area contributed by atoms with Crippen molar-refractivity contribution in [2.24, 2.45) is 11.8 Å². The standard InChI is InChI=1S/C28H39F2N3O4/c1-7-19(11-27(34)35)21-13-25(26(14-22(21)29)33(15-17(3)4)16-18(5)6)32-28(36)31-24-10-9-20(37-8-2)12-23(24)30/h9-10,12-14,17-19H,7-8,11,15-16H2,1-6H3,(H,34,35)(H2,31,32,36). The maximum atomic E-state index is 15.4. The Balaban J connectivity index is 2.49. The van der Waals surface area contributed by atoms with Crippen LogP contribution >= 0.6 is 0 Å². The van der Waals surface area contributed by atoms with Crippen LogP contribution in [0.25, 0.3) is 0 Å². The SMILES string of the molecule is CCOc1ccc(NC(=O)Nc2cc(C(CC)CC(=O)O)c(F)cc2N(CC(C)C)CC(C)C)c(F)c1. The van der Waals surface area contributed by atoms with Gasteiger partial charge in [0.25, 0.3) is 0 Å². The number of hydrogen-bond acceptors (Lipinski definition) is 4. The van der Waals surface area contributed by atoms with Crippen LogP contribution in [0.15, 0.2) is 30.3 Å². The molecule has 0 saturated carbocycles. The van der Waals surface area contributed by atoms with Gasteiger partial charge in [-0.1, -0.05) is 34.6 Å². The molecule has 1 unspecified atom stereocenters. The van der Waals surface area contributed by atoms with Crippen LogP contribution in [0.1, 0.15) is 65.9 Å². The maximum Gasteiger partial charge on any atom is 0.323 e. The second kappa shape index (κ2) is 13.8. The Kier molecular flexibility index (Phi) is 11.1. The number of carboxylic acids is 1. The maximum absolute atomic E-state index is 15.4. The summed E-state index contributed by atoms with van der Waals surface area (Å²) < 4.78 is 35.2. The van der Waals surface area contributed by atoms with Gasteiger partial charge in [-0.3, -0.25) is 4.79 Å². The van der Waals surface area contributed by atoms with Crippen LogP contribution in [-0.4, -0.2) is 36.8 Å². The van der Waals surface area contributed by atoms with Gasteiger partial charge >= 0.3 is 12.0 Å². The highest BCUT2D eigenvalue weighted by Crippen LogP contribution is 2.36. The highest BCUT2D eigenvalue weighted by atomic mass is 19.1. The van der Waals surface area contributed by atoms with E-state index in [1.54, 1.807) is 19.9 Å². The number of rotatable bonds is 13. The summed E-state index contributed by atoms with van der Waals surface area (Å²) in [6.07, 6.45) is 0.171. The molecular weight excluding hydrogens is 480 g/mol. The third-order valence-electron chi connectivity index (χ3n) is 5.73. The summed E-state index contributed by atoms with van der Waals surface area (Å²) in [5.41, 5.74) is 0.982. The predicted molar refractivity (Wildman–Crippen MR) is 144 cm³/mol. The molecule has 1 atom stereocenters. The van der Waals surface area contributed by atoms with E-state index < -0.39 is 29.6 Å². The molecule has 0 radical (unpaired) electrons. The molecule has 0 aliphatic rings. The zero-order valence-electron chi connectivity index (χ0n) is 22.5. The largest absolute Gasteiger partial charge is 0.494 e. The van der Waals surface area contributed by atoms with Gasteiger partial charge < -0.3 is 25.4 Å². The van der Waals surface area contributed by atoms with Crippen LogP contribution < -0.4 is 20.3 Å². The molecule has 0 heterocycles. The van der Waals surface area contributed by atoms with E-state index in [4.69, 9.17) is 4.74 Å². The number of aliphatic carboxylic acids is 1. The molecule has 2 amide bonds. The van der Waals surface area contributed by atoms with E-state index in [-0.39, 0.29) is 29.5 Å². The summed E-state index contributed by atoms with van der Waals surface area (Å²) in [5, 5.41) is 14.6. The third kappa shape index (κ3) is 8.91. The van der Waals surface area contributed by atoms with Crippen molar-refractivity contribution in [2.45, 2.75) is 60.3 Å². The van der Waals surface area contributed by atoms with Crippen molar-refractivity contribution in [1.29, 1.82) is 0 Å². The molecule has 0 spiro atoms. The molecule has 9 heteroatoms. The van der Waals surface area contributed by atoms with Crippen LogP contribution in [0.4, 0.5) is 30.6 Å². The van der Waals surface area contributed by atoms with Crippen molar-refractivity contribution in [3.8, 4) is 5.75 Å². The Morgan fingerprint density at radius 3 is 2.08 bits per heavy atom. The number of amides is 2. The molecule has 0 fully saturated rings. The van der Waals surface area contributed by atoms with Crippen LogP contribution in [0.5, 0.6) is 5.75 Å². The lowest BCUT2D eigenvalue weighted by Crippen LogP contribution is -2.33. The molecule has 0 aliphatic heterocycles. The van der Waals surface area contributed by atoms with E-state index in [0.29, 0.717) is 43.2 Å². The number of carbonyl (C=O) groups excluding carboxylic acids is 1. The number of nitrogens with zero attached hydrogens (tertiary/aromatic N) is 1. The molecule has 204 valence electrons. The second-order valence-corrected chi connectivity index (χ2v) is 9.94. The number of anilines is 3. The lowest BCUT2D eigenvalue weighted by atomic mass is 9.91. The Morgan fingerprint density at radius 2 is 1.57 bits per heavy atom. The quantitative estimate of drug-likeness (QED) is 0.263. The van der Waals surface area contributed by atoms with Gasteiger partial charge in [0.05, 0.1) is 30.1 Å². The highest BCUT2D eigenvalue weighted by molar-refractivity contribution is 6.02. The molecule has 0 saturated heterocycles. The molecule has 0 aromatic heterocycles. The van der Waals surface area contributed by atoms with Gasteiger partial charge in [0.1, 0.15) is 17.4 Å². The Hall–Kier alpha value is -3.36. The molecule has 0 bridgehead atoms. The summed E-state index contributed by atoms with van der Waals surface area (Å²) in [7, 11) is 0. The van der Waals surface area contributed by atoms with Crippen molar-refractivity contribution < 1.29 is 28.2 Å².